The Balaban J connectivity index is 2.11. The van der Waals surface area contributed by atoms with Crippen molar-refractivity contribution in [3.8, 4) is 0 Å². The molecule has 0 atom stereocenters. The minimum Gasteiger partial charge on any atom is -0.478 e. The maximum atomic E-state index is 11.8. The molecule has 0 bridgehead atoms. The zero-order chi connectivity index (χ0) is 15.4. The van der Waals surface area contributed by atoms with Crippen LogP contribution in [0.25, 0.3) is 6.08 Å². The van der Waals surface area contributed by atoms with Gasteiger partial charge in [-0.1, -0.05) is 12.1 Å². The molecule has 0 saturated heterocycles. The van der Waals surface area contributed by atoms with Crippen LogP contribution < -0.4 is 11.1 Å². The molecule has 0 aliphatic heterocycles. The summed E-state index contributed by atoms with van der Waals surface area (Å²) in [5.41, 5.74) is 7.42. The smallest absolute Gasteiger partial charge is 0.340 e. The molecule has 0 saturated carbocycles. The molecule has 1 aromatic heterocycles. The Morgan fingerprint density at radius 2 is 2.19 bits per heavy atom. The van der Waals surface area contributed by atoms with Crippen molar-refractivity contribution in [1.82, 2.24) is 4.37 Å². The van der Waals surface area contributed by atoms with E-state index in [2.05, 4.69) is 9.69 Å². The van der Waals surface area contributed by atoms with Crippen molar-refractivity contribution in [3.05, 3.63) is 47.2 Å². The van der Waals surface area contributed by atoms with Gasteiger partial charge in [-0.25, -0.2) is 4.79 Å². The molecule has 2 rings (SSSR count). The van der Waals surface area contributed by atoms with Gasteiger partial charge in [0.25, 0.3) is 0 Å². The molecule has 2 aromatic rings. The van der Waals surface area contributed by atoms with E-state index in [4.69, 9.17) is 10.8 Å². The first-order valence-corrected chi connectivity index (χ1v) is 6.79. The summed E-state index contributed by atoms with van der Waals surface area (Å²) < 4.78 is 3.93. The Kier molecular flexibility index (Phi) is 4.34. The van der Waals surface area contributed by atoms with Crippen molar-refractivity contribution >= 4 is 40.2 Å². The number of aromatic carboxylic acids is 1. The summed E-state index contributed by atoms with van der Waals surface area (Å²) in [6, 6.07) is 7.06. The number of hydrogen-bond donors (Lipinski definition) is 3. The van der Waals surface area contributed by atoms with Crippen LogP contribution in [0.5, 0.6) is 0 Å². The third-order valence-corrected chi connectivity index (χ3v) is 3.51. The largest absolute Gasteiger partial charge is 0.478 e. The molecule has 6 nitrogen and oxygen atoms in total. The lowest BCUT2D eigenvalue weighted by Gasteiger charge is -2.00. The number of carboxylic acid groups (broad SMARTS) is 1. The molecule has 1 aromatic carbocycles. The summed E-state index contributed by atoms with van der Waals surface area (Å²) in [4.78, 5) is 22.9. The van der Waals surface area contributed by atoms with Crippen LogP contribution >= 0.6 is 11.5 Å². The number of benzene rings is 1. The Labute approximate surface area is 125 Å². The van der Waals surface area contributed by atoms with Gasteiger partial charge in [0, 0.05) is 11.8 Å². The number of hydrogen-bond acceptors (Lipinski definition) is 5. The maximum absolute atomic E-state index is 11.8. The highest BCUT2D eigenvalue weighted by atomic mass is 32.1. The summed E-state index contributed by atoms with van der Waals surface area (Å²) in [6.45, 7) is 1.58. The third kappa shape index (κ3) is 3.67. The van der Waals surface area contributed by atoms with Crippen LogP contribution in [0.1, 0.15) is 21.6 Å². The number of carbonyl (C=O) groups is 2. The lowest BCUT2D eigenvalue weighted by Crippen LogP contribution is -2.10. The zero-order valence-corrected chi connectivity index (χ0v) is 12.0. The van der Waals surface area contributed by atoms with E-state index in [1.807, 2.05) is 0 Å². The number of anilines is 2. The van der Waals surface area contributed by atoms with Gasteiger partial charge in [-0.05, 0) is 42.2 Å². The minimum absolute atomic E-state index is 0.0192. The number of nitrogen functional groups attached to an aromatic ring is 1. The SMILES string of the molecule is Cc1nsc(NC(=O)/C=C/c2cccc(N)c2)c1C(=O)O. The number of nitrogens with one attached hydrogen (secondary N) is 1. The highest BCUT2D eigenvalue weighted by Crippen LogP contribution is 2.24. The number of rotatable bonds is 4. The van der Waals surface area contributed by atoms with Gasteiger partial charge >= 0.3 is 5.97 Å². The van der Waals surface area contributed by atoms with Crippen molar-refractivity contribution in [2.24, 2.45) is 0 Å². The second-order valence-corrected chi connectivity index (χ2v) is 5.04. The topological polar surface area (TPSA) is 105 Å². The standard InChI is InChI=1S/C14H13N3O3S/c1-8-12(14(19)20)13(21-17-8)16-11(18)6-5-9-3-2-4-10(15)7-9/h2-7H,15H2,1H3,(H,16,18)(H,19,20)/b6-5+. The summed E-state index contributed by atoms with van der Waals surface area (Å²) in [5.74, 6) is -1.54. The number of carboxylic acids is 1. The molecule has 0 unspecified atom stereocenters. The van der Waals surface area contributed by atoms with Crippen molar-refractivity contribution in [2.75, 3.05) is 11.1 Å². The van der Waals surface area contributed by atoms with E-state index < -0.39 is 11.9 Å². The van der Waals surface area contributed by atoms with Crippen molar-refractivity contribution in [1.29, 1.82) is 0 Å². The highest BCUT2D eigenvalue weighted by Gasteiger charge is 2.18. The van der Waals surface area contributed by atoms with Crippen LogP contribution in [0.15, 0.2) is 30.3 Å². The fraction of sp³-hybridized carbons (Fsp3) is 0.0714. The third-order valence-electron chi connectivity index (χ3n) is 2.65. The quantitative estimate of drug-likeness (QED) is 0.594. The van der Waals surface area contributed by atoms with Gasteiger partial charge in [0.2, 0.25) is 5.91 Å². The summed E-state index contributed by atoms with van der Waals surface area (Å²) in [6.07, 6.45) is 2.91. The molecule has 21 heavy (non-hydrogen) atoms. The summed E-state index contributed by atoms with van der Waals surface area (Å²) in [7, 11) is 0. The van der Waals surface area contributed by atoms with E-state index in [9.17, 15) is 9.59 Å². The van der Waals surface area contributed by atoms with Gasteiger partial charge in [-0.3, -0.25) is 4.79 Å². The van der Waals surface area contributed by atoms with Gasteiger partial charge in [0.15, 0.2) is 0 Å². The molecule has 108 valence electrons. The highest BCUT2D eigenvalue weighted by molar-refractivity contribution is 7.11. The second-order valence-electron chi connectivity index (χ2n) is 4.27. The molecule has 4 N–H and O–H groups in total. The van der Waals surface area contributed by atoms with Crippen LogP contribution in [0, 0.1) is 6.92 Å². The molecule has 0 radical (unpaired) electrons. The molecule has 0 spiro atoms. The van der Waals surface area contributed by atoms with Crippen LogP contribution in [-0.4, -0.2) is 21.4 Å². The number of carbonyl (C=O) groups excluding carboxylic acids is 1. The first-order valence-electron chi connectivity index (χ1n) is 6.01. The molecule has 7 heteroatoms. The van der Waals surface area contributed by atoms with Crippen molar-refractivity contribution in [2.45, 2.75) is 6.92 Å². The number of aromatic nitrogens is 1. The van der Waals surface area contributed by atoms with E-state index in [0.29, 0.717) is 11.4 Å². The summed E-state index contributed by atoms with van der Waals surface area (Å²) in [5, 5.41) is 11.8. The van der Waals surface area contributed by atoms with Gasteiger partial charge in [-0.2, -0.15) is 4.37 Å². The van der Waals surface area contributed by atoms with Gasteiger partial charge in [0.1, 0.15) is 10.6 Å². The Morgan fingerprint density at radius 3 is 2.86 bits per heavy atom. The molecular formula is C14H13N3O3S. The number of nitrogens with zero attached hydrogens (tertiary/aromatic N) is 1. The average molecular weight is 303 g/mol. The van der Waals surface area contributed by atoms with Crippen LogP contribution in [-0.2, 0) is 4.79 Å². The molecule has 0 aliphatic carbocycles. The van der Waals surface area contributed by atoms with Crippen LogP contribution in [0.3, 0.4) is 0 Å². The first kappa shape index (κ1) is 14.7. The molecule has 1 heterocycles. The van der Waals surface area contributed by atoms with Crippen molar-refractivity contribution < 1.29 is 14.7 Å². The molecule has 0 fully saturated rings. The van der Waals surface area contributed by atoms with Crippen molar-refractivity contribution in [3.63, 3.8) is 0 Å². The van der Waals surface area contributed by atoms with E-state index in [-0.39, 0.29) is 10.6 Å². The van der Waals surface area contributed by atoms with E-state index >= 15 is 0 Å². The van der Waals surface area contributed by atoms with Gasteiger partial charge < -0.3 is 16.2 Å². The van der Waals surface area contributed by atoms with E-state index in [0.717, 1.165) is 17.1 Å². The second kappa shape index (κ2) is 6.19. The number of nitrogens with two attached hydrogens (primary N) is 1. The van der Waals surface area contributed by atoms with Crippen LogP contribution in [0.4, 0.5) is 10.7 Å². The lowest BCUT2D eigenvalue weighted by molar-refractivity contribution is -0.111. The lowest BCUT2D eigenvalue weighted by atomic mass is 10.2. The zero-order valence-electron chi connectivity index (χ0n) is 11.2. The molecule has 1 amide bonds. The Morgan fingerprint density at radius 1 is 1.43 bits per heavy atom. The number of amides is 1. The molecular weight excluding hydrogens is 290 g/mol. The molecule has 0 aliphatic rings. The van der Waals surface area contributed by atoms with E-state index in [1.165, 1.54) is 6.08 Å². The monoisotopic (exact) mass is 303 g/mol. The fourth-order valence-electron chi connectivity index (χ4n) is 1.70. The average Bonchev–Trinajstić information content (AvgIpc) is 2.77. The van der Waals surface area contributed by atoms with E-state index in [1.54, 1.807) is 37.3 Å². The minimum atomic E-state index is -1.11. The van der Waals surface area contributed by atoms with Gasteiger partial charge in [0.05, 0.1) is 5.69 Å². The maximum Gasteiger partial charge on any atom is 0.340 e. The van der Waals surface area contributed by atoms with Crippen LogP contribution in [0.2, 0.25) is 0 Å². The Hall–Kier alpha value is -2.67. The predicted octanol–water partition coefficient (Wildman–Crippen LogP) is 2.38. The van der Waals surface area contributed by atoms with Gasteiger partial charge in [-0.15, -0.1) is 0 Å². The summed E-state index contributed by atoms with van der Waals surface area (Å²) >= 11 is 0.940. The number of aryl methyl sites for hydroxylation is 1. The normalized spacial score (nSPS) is 10.7. The first-order chi connectivity index (χ1) is 9.97. The Bertz CT molecular complexity index is 722. The predicted molar refractivity (Wildman–Crippen MR) is 82.3 cm³/mol. The fourth-order valence-corrected chi connectivity index (χ4v) is 2.49.